The van der Waals surface area contributed by atoms with Crippen molar-refractivity contribution in [1.29, 1.82) is 0 Å². The van der Waals surface area contributed by atoms with E-state index in [1.54, 1.807) is 37.4 Å². The van der Waals surface area contributed by atoms with Crippen LogP contribution in [0.3, 0.4) is 0 Å². The monoisotopic (exact) mass is 794 g/mol. The van der Waals surface area contributed by atoms with E-state index in [2.05, 4.69) is 35.6 Å². The lowest BCUT2D eigenvalue weighted by atomic mass is 9.93. The SMILES string of the molecule is CC(=O)[C@H](Cc1cn(CCOC2OC(C(=O)O)C(O)[C@H](O)[C@@H]2O)nn1)NC(=O)CC[C@H](CC(=O)c1ccc(CCc2cnc3nc(C)[nH]c(=O)c3n2)cc1)C(=O)O. The Kier molecular flexibility index (Phi) is 14.0. The van der Waals surface area contributed by atoms with Crippen LogP contribution in [-0.4, -0.2) is 133 Å². The maximum atomic E-state index is 13.0. The molecular formula is C36H42N8O13. The van der Waals surface area contributed by atoms with Gasteiger partial charge in [-0.15, -0.1) is 5.10 Å². The standard InChI is InChI=1S/C36H42N8O13/c1-17(45)24(14-23-16-44(43-42-23)11-12-56-36-30(50)28(48)29(49)31(57-36)35(54)55)41-26(47)10-8-21(34(52)53)13-25(46)20-6-3-19(4-7-20)5-9-22-15-37-32-27(40-22)33(51)39-18(2)38-32/h3-4,6-7,15-16,21,24,28-31,36,48-50H,5,8-14H2,1-2H3,(H,41,47)(H,52,53)(H,54,55)(H,37,38,39,51)/t21-,24+,28+,29?,30+,31?,36?/m1/s1. The van der Waals surface area contributed by atoms with Crippen molar-refractivity contribution in [3.63, 3.8) is 0 Å². The predicted molar refractivity (Wildman–Crippen MR) is 192 cm³/mol. The fourth-order valence-electron chi connectivity index (χ4n) is 6.04. The fraction of sp³-hybridized carbons (Fsp3) is 0.472. The van der Waals surface area contributed by atoms with Crippen molar-refractivity contribution in [2.75, 3.05) is 6.61 Å². The maximum Gasteiger partial charge on any atom is 0.335 e. The lowest BCUT2D eigenvalue weighted by molar-refractivity contribution is -0.294. The van der Waals surface area contributed by atoms with Crippen molar-refractivity contribution in [3.8, 4) is 0 Å². The Morgan fingerprint density at radius 2 is 1.74 bits per heavy atom. The number of H-pyrrole nitrogens is 1. The van der Waals surface area contributed by atoms with Gasteiger partial charge in [0.15, 0.2) is 35.1 Å². The molecule has 5 rings (SSSR count). The van der Waals surface area contributed by atoms with Crippen molar-refractivity contribution < 1.29 is 59.0 Å². The van der Waals surface area contributed by atoms with E-state index >= 15 is 0 Å². The normalized spacial score (nSPS) is 20.5. The first-order valence-electron chi connectivity index (χ1n) is 17.9. The molecule has 304 valence electrons. The van der Waals surface area contributed by atoms with Gasteiger partial charge in [0.05, 0.1) is 42.7 Å². The average molecular weight is 795 g/mol. The van der Waals surface area contributed by atoms with Gasteiger partial charge in [0.25, 0.3) is 5.56 Å². The smallest absolute Gasteiger partial charge is 0.335 e. The number of carbonyl (C=O) groups is 5. The number of aliphatic hydroxyl groups is 3. The van der Waals surface area contributed by atoms with Crippen LogP contribution in [0.4, 0.5) is 0 Å². The van der Waals surface area contributed by atoms with Crippen LogP contribution in [0.5, 0.6) is 0 Å². The van der Waals surface area contributed by atoms with Crippen LogP contribution in [0.15, 0.2) is 41.5 Å². The number of aliphatic hydroxyl groups excluding tert-OH is 3. The number of fused-ring (bicyclic) bond motifs is 1. The highest BCUT2D eigenvalue weighted by Gasteiger charge is 2.47. The van der Waals surface area contributed by atoms with Crippen molar-refractivity contribution in [2.24, 2.45) is 5.92 Å². The van der Waals surface area contributed by atoms with Gasteiger partial charge in [0, 0.05) is 31.0 Å². The number of hydrogen-bond donors (Lipinski definition) is 7. The second-order valence-electron chi connectivity index (χ2n) is 13.6. The first kappa shape index (κ1) is 42.3. The fourth-order valence-corrected chi connectivity index (χ4v) is 6.04. The summed E-state index contributed by atoms with van der Waals surface area (Å²) in [5.74, 6) is -4.97. The molecule has 21 heteroatoms. The summed E-state index contributed by atoms with van der Waals surface area (Å²) in [5.41, 5.74) is 2.10. The molecule has 0 radical (unpaired) electrons. The number of aryl methyl sites for hydroxylation is 3. The average Bonchev–Trinajstić information content (AvgIpc) is 3.62. The molecule has 4 heterocycles. The van der Waals surface area contributed by atoms with Gasteiger partial charge in [-0.1, -0.05) is 29.5 Å². The van der Waals surface area contributed by atoms with Gasteiger partial charge in [-0.3, -0.25) is 24.0 Å². The quantitative estimate of drug-likeness (QED) is 0.0541. The maximum absolute atomic E-state index is 13.0. The highest BCUT2D eigenvalue weighted by atomic mass is 16.7. The first-order valence-corrected chi connectivity index (χ1v) is 17.9. The number of carboxylic acid groups (broad SMARTS) is 2. The molecule has 1 fully saturated rings. The van der Waals surface area contributed by atoms with E-state index in [9.17, 15) is 49.2 Å². The van der Waals surface area contributed by atoms with E-state index in [0.29, 0.717) is 35.6 Å². The number of benzene rings is 1. The van der Waals surface area contributed by atoms with E-state index < -0.39 is 72.1 Å². The summed E-state index contributed by atoms with van der Waals surface area (Å²) in [7, 11) is 0. The number of aromatic nitrogens is 7. The summed E-state index contributed by atoms with van der Waals surface area (Å²) in [6.07, 6.45) is -5.61. The molecule has 0 aliphatic carbocycles. The van der Waals surface area contributed by atoms with Crippen molar-refractivity contribution in [2.45, 2.75) is 95.7 Å². The van der Waals surface area contributed by atoms with E-state index in [4.69, 9.17) is 14.6 Å². The molecule has 4 aromatic rings. The van der Waals surface area contributed by atoms with E-state index in [1.165, 1.54) is 17.8 Å². The highest BCUT2D eigenvalue weighted by Crippen LogP contribution is 2.23. The molecule has 1 saturated heterocycles. The minimum absolute atomic E-state index is 0.0242. The molecule has 57 heavy (non-hydrogen) atoms. The molecule has 0 bridgehead atoms. The molecule has 1 aromatic carbocycles. The van der Waals surface area contributed by atoms with Gasteiger partial charge in [0.2, 0.25) is 5.91 Å². The van der Waals surface area contributed by atoms with Crippen LogP contribution in [-0.2, 0) is 54.5 Å². The number of aromatic amines is 1. The number of ketones is 2. The van der Waals surface area contributed by atoms with Crippen LogP contribution in [0, 0.1) is 12.8 Å². The number of ether oxygens (including phenoxy) is 2. The highest BCUT2D eigenvalue weighted by molar-refractivity contribution is 5.98. The number of aliphatic carboxylic acids is 2. The molecule has 1 amide bonds. The number of carboxylic acids is 2. The van der Waals surface area contributed by atoms with Gasteiger partial charge in [0.1, 0.15) is 24.1 Å². The molecule has 1 aliphatic heterocycles. The van der Waals surface area contributed by atoms with Crippen LogP contribution in [0.2, 0.25) is 0 Å². The number of Topliss-reactive ketones (excluding diaryl/α,β-unsaturated/α-hetero) is 2. The van der Waals surface area contributed by atoms with Crippen LogP contribution in [0.1, 0.15) is 59.3 Å². The van der Waals surface area contributed by atoms with E-state index in [1.807, 2.05) is 0 Å². The Bertz CT molecular complexity index is 2160. The summed E-state index contributed by atoms with van der Waals surface area (Å²) >= 11 is 0. The lowest BCUT2D eigenvalue weighted by Gasteiger charge is -2.38. The van der Waals surface area contributed by atoms with Gasteiger partial charge in [-0.05, 0) is 38.7 Å². The minimum Gasteiger partial charge on any atom is -0.481 e. The Balaban J connectivity index is 1.06. The zero-order valence-corrected chi connectivity index (χ0v) is 30.8. The third-order valence-electron chi connectivity index (χ3n) is 9.27. The zero-order chi connectivity index (χ0) is 41.4. The Morgan fingerprint density at radius 3 is 2.42 bits per heavy atom. The van der Waals surface area contributed by atoms with Crippen LogP contribution in [0.25, 0.3) is 11.2 Å². The first-order chi connectivity index (χ1) is 27.1. The number of hydrogen-bond acceptors (Lipinski definition) is 16. The molecule has 7 atom stereocenters. The molecule has 1 aliphatic rings. The van der Waals surface area contributed by atoms with Crippen molar-refractivity contribution >= 4 is 40.6 Å². The minimum atomic E-state index is -1.86. The number of nitrogens with zero attached hydrogens (tertiary/aromatic N) is 6. The summed E-state index contributed by atoms with van der Waals surface area (Å²) < 4.78 is 11.7. The van der Waals surface area contributed by atoms with Crippen LogP contribution >= 0.6 is 0 Å². The summed E-state index contributed by atoms with van der Waals surface area (Å²) in [6.45, 7) is 2.75. The Labute approximate surface area is 323 Å². The number of amides is 1. The summed E-state index contributed by atoms with van der Waals surface area (Å²) in [4.78, 5) is 89.1. The molecule has 21 nitrogen and oxygen atoms in total. The topological polar surface area (TPSA) is 319 Å². The third kappa shape index (κ3) is 11.1. The molecule has 7 N–H and O–H groups in total. The zero-order valence-electron chi connectivity index (χ0n) is 30.8. The van der Waals surface area contributed by atoms with Gasteiger partial charge in [-0.2, -0.15) is 0 Å². The van der Waals surface area contributed by atoms with Gasteiger partial charge >= 0.3 is 11.9 Å². The largest absolute Gasteiger partial charge is 0.481 e. The predicted octanol–water partition coefficient (Wildman–Crippen LogP) is -1.32. The van der Waals surface area contributed by atoms with E-state index in [-0.39, 0.29) is 55.6 Å². The second kappa shape index (κ2) is 18.8. The van der Waals surface area contributed by atoms with E-state index in [0.717, 1.165) is 5.56 Å². The summed E-state index contributed by atoms with van der Waals surface area (Å²) in [5, 5.41) is 59.2. The number of carbonyl (C=O) groups excluding carboxylic acids is 3. The summed E-state index contributed by atoms with van der Waals surface area (Å²) in [6, 6.07) is 5.65. The van der Waals surface area contributed by atoms with Crippen molar-refractivity contribution in [1.82, 2.24) is 40.2 Å². The van der Waals surface area contributed by atoms with Gasteiger partial charge in [-0.25, -0.2) is 24.4 Å². The molecular weight excluding hydrogens is 752 g/mol. The van der Waals surface area contributed by atoms with Crippen molar-refractivity contribution in [3.05, 3.63) is 75.4 Å². The number of nitrogens with one attached hydrogen (secondary N) is 2. The second-order valence-corrected chi connectivity index (χ2v) is 13.6. The Morgan fingerprint density at radius 1 is 1.00 bits per heavy atom. The van der Waals surface area contributed by atoms with Gasteiger partial charge < -0.3 is 45.3 Å². The number of rotatable bonds is 19. The Hall–Kier alpha value is -5.87. The molecule has 0 saturated carbocycles. The molecule has 3 aromatic heterocycles. The third-order valence-corrected chi connectivity index (χ3v) is 9.27. The molecule has 3 unspecified atom stereocenters. The van der Waals surface area contributed by atoms with Crippen LogP contribution < -0.4 is 10.9 Å². The molecule has 0 spiro atoms. The lowest BCUT2D eigenvalue weighted by Crippen LogP contribution is -2.60.